The normalized spacial score (nSPS) is 29.2. The molecule has 25 heavy (non-hydrogen) atoms. The van der Waals surface area contributed by atoms with Crippen LogP contribution in [0, 0.1) is 0 Å². The first-order valence-electron chi connectivity index (χ1n) is 9.59. The molecule has 7 heteroatoms. The van der Waals surface area contributed by atoms with Gasteiger partial charge in [0.1, 0.15) is 12.2 Å². The van der Waals surface area contributed by atoms with Crippen LogP contribution < -0.4 is 0 Å². The zero-order valence-corrected chi connectivity index (χ0v) is 14.8. The van der Waals surface area contributed by atoms with Crippen LogP contribution in [-0.4, -0.2) is 76.7 Å². The number of fused-ring (bicyclic) bond motifs is 1. The summed E-state index contributed by atoms with van der Waals surface area (Å²) in [5.74, 6) is 0. The van der Waals surface area contributed by atoms with E-state index in [1.54, 1.807) is 6.20 Å². The number of amides is 2. The molecule has 3 saturated heterocycles. The molecule has 3 aliphatic heterocycles. The molecule has 7 nitrogen and oxygen atoms in total. The van der Waals surface area contributed by atoms with Crippen molar-refractivity contribution < 1.29 is 14.3 Å². The molecule has 0 unspecified atom stereocenters. The molecule has 0 aromatic carbocycles. The van der Waals surface area contributed by atoms with E-state index in [-0.39, 0.29) is 24.3 Å². The van der Waals surface area contributed by atoms with Gasteiger partial charge in [0.2, 0.25) is 0 Å². The van der Waals surface area contributed by atoms with E-state index in [2.05, 4.69) is 5.10 Å². The van der Waals surface area contributed by atoms with Crippen LogP contribution >= 0.6 is 0 Å². The fourth-order valence-electron chi connectivity index (χ4n) is 4.26. The summed E-state index contributed by atoms with van der Waals surface area (Å²) >= 11 is 0. The summed E-state index contributed by atoms with van der Waals surface area (Å²) in [5, 5.41) is 4.21. The molecular formula is C18H28N4O3. The summed E-state index contributed by atoms with van der Waals surface area (Å²) < 4.78 is 14.1. The first-order valence-corrected chi connectivity index (χ1v) is 9.59. The van der Waals surface area contributed by atoms with E-state index < -0.39 is 0 Å². The van der Waals surface area contributed by atoms with Gasteiger partial charge in [0.15, 0.2) is 0 Å². The summed E-state index contributed by atoms with van der Waals surface area (Å²) in [4.78, 5) is 16.9. The fraction of sp³-hybridized carbons (Fsp3) is 0.778. The van der Waals surface area contributed by atoms with Gasteiger partial charge in [-0.05, 0) is 38.2 Å². The number of carbonyl (C=O) groups excluding carboxylic acids is 1. The first-order chi connectivity index (χ1) is 12.3. The molecule has 138 valence electrons. The highest BCUT2D eigenvalue weighted by atomic mass is 16.5. The van der Waals surface area contributed by atoms with Gasteiger partial charge in [-0.3, -0.25) is 4.68 Å². The highest BCUT2D eigenvalue weighted by Gasteiger charge is 2.47. The quantitative estimate of drug-likeness (QED) is 0.761. The topological polar surface area (TPSA) is 59.8 Å². The predicted octanol–water partition coefficient (Wildman–Crippen LogP) is 1.74. The van der Waals surface area contributed by atoms with Crippen molar-refractivity contribution in [1.29, 1.82) is 0 Å². The fourth-order valence-corrected chi connectivity index (χ4v) is 4.26. The lowest BCUT2D eigenvalue weighted by Crippen LogP contribution is -2.48. The van der Waals surface area contributed by atoms with Crippen LogP contribution in [0.2, 0.25) is 0 Å². The Balaban J connectivity index is 1.32. The van der Waals surface area contributed by atoms with Crippen molar-refractivity contribution in [3.8, 4) is 0 Å². The molecule has 3 aliphatic rings. The molecule has 3 fully saturated rings. The largest absolute Gasteiger partial charge is 0.374 e. The van der Waals surface area contributed by atoms with Crippen LogP contribution in [0.15, 0.2) is 18.5 Å². The standard InChI is InChI=1S/C18H28N4O3/c23-18(20-8-1-2-9-20)22-14-16(17-15(22)6-3-12-25-17)24-13-5-11-21-10-4-7-19-21/h4,7,10,15-17H,1-3,5-6,8-9,11-14H2/t15-,16+,17+/m1/s1. The lowest BCUT2D eigenvalue weighted by atomic mass is 10.0. The highest BCUT2D eigenvalue weighted by molar-refractivity contribution is 5.75. The molecule has 4 heterocycles. The number of ether oxygens (including phenoxy) is 2. The third-order valence-electron chi connectivity index (χ3n) is 5.52. The molecule has 0 radical (unpaired) electrons. The number of aryl methyl sites for hydroxylation is 1. The van der Waals surface area contributed by atoms with E-state index in [9.17, 15) is 4.79 Å². The lowest BCUT2D eigenvalue weighted by Gasteiger charge is -2.34. The molecule has 1 aromatic heterocycles. The molecule has 0 saturated carbocycles. The molecule has 1 aromatic rings. The van der Waals surface area contributed by atoms with Crippen LogP contribution in [0.4, 0.5) is 4.79 Å². The Bertz CT molecular complexity index is 559. The van der Waals surface area contributed by atoms with Crippen LogP contribution in [0.5, 0.6) is 0 Å². The van der Waals surface area contributed by atoms with Gasteiger partial charge in [-0.2, -0.15) is 5.10 Å². The zero-order valence-electron chi connectivity index (χ0n) is 14.8. The SMILES string of the molecule is O=C(N1CCCC1)N1C[C@H](OCCCn2cccn2)[C@H]2OCCC[C@H]21. The number of hydrogen-bond acceptors (Lipinski definition) is 4. The summed E-state index contributed by atoms with van der Waals surface area (Å²) in [6, 6.07) is 2.29. The molecular weight excluding hydrogens is 320 g/mol. The monoisotopic (exact) mass is 348 g/mol. The maximum absolute atomic E-state index is 12.9. The van der Waals surface area contributed by atoms with Gasteiger partial charge >= 0.3 is 6.03 Å². The van der Waals surface area contributed by atoms with Crippen molar-refractivity contribution in [3.63, 3.8) is 0 Å². The Morgan fingerprint density at radius 3 is 2.96 bits per heavy atom. The van der Waals surface area contributed by atoms with Crippen LogP contribution in [0.1, 0.15) is 32.1 Å². The minimum Gasteiger partial charge on any atom is -0.374 e. The van der Waals surface area contributed by atoms with Gasteiger partial charge in [0.05, 0.1) is 12.6 Å². The number of rotatable bonds is 5. The summed E-state index contributed by atoms with van der Waals surface area (Å²) in [5.41, 5.74) is 0. The third kappa shape index (κ3) is 3.67. The van der Waals surface area contributed by atoms with Crippen molar-refractivity contribution in [1.82, 2.24) is 19.6 Å². The summed E-state index contributed by atoms with van der Waals surface area (Å²) in [7, 11) is 0. The molecule has 2 amide bonds. The van der Waals surface area contributed by atoms with Crippen LogP contribution in [-0.2, 0) is 16.0 Å². The predicted molar refractivity (Wildman–Crippen MR) is 92.3 cm³/mol. The Morgan fingerprint density at radius 2 is 2.16 bits per heavy atom. The van der Waals surface area contributed by atoms with Crippen molar-refractivity contribution in [2.24, 2.45) is 0 Å². The van der Waals surface area contributed by atoms with E-state index in [0.29, 0.717) is 13.2 Å². The van der Waals surface area contributed by atoms with Gasteiger partial charge in [-0.1, -0.05) is 0 Å². The molecule has 0 bridgehead atoms. The number of nitrogens with zero attached hydrogens (tertiary/aromatic N) is 4. The second kappa shape index (κ2) is 7.74. The second-order valence-electron chi connectivity index (χ2n) is 7.21. The number of aromatic nitrogens is 2. The highest BCUT2D eigenvalue weighted by Crippen LogP contribution is 2.32. The van der Waals surface area contributed by atoms with Crippen LogP contribution in [0.3, 0.4) is 0 Å². The number of urea groups is 1. The van der Waals surface area contributed by atoms with Crippen molar-refractivity contribution in [2.75, 3.05) is 32.8 Å². The van der Waals surface area contributed by atoms with Gasteiger partial charge in [-0.25, -0.2) is 4.79 Å². The van der Waals surface area contributed by atoms with E-state index in [4.69, 9.17) is 9.47 Å². The minimum absolute atomic E-state index is 0.00512. The van der Waals surface area contributed by atoms with Crippen molar-refractivity contribution >= 4 is 6.03 Å². The van der Waals surface area contributed by atoms with Gasteiger partial charge in [-0.15, -0.1) is 0 Å². The maximum atomic E-state index is 12.9. The van der Waals surface area contributed by atoms with E-state index in [1.807, 2.05) is 26.7 Å². The summed E-state index contributed by atoms with van der Waals surface area (Å²) in [6.45, 7) is 4.74. The summed E-state index contributed by atoms with van der Waals surface area (Å²) in [6.07, 6.45) is 8.99. The number of hydrogen-bond donors (Lipinski definition) is 0. The van der Waals surface area contributed by atoms with Gasteiger partial charge in [0.25, 0.3) is 0 Å². The smallest absolute Gasteiger partial charge is 0.320 e. The maximum Gasteiger partial charge on any atom is 0.320 e. The van der Waals surface area contributed by atoms with Crippen molar-refractivity contribution in [3.05, 3.63) is 18.5 Å². The Hall–Kier alpha value is -1.60. The molecule has 0 N–H and O–H groups in total. The first kappa shape index (κ1) is 16.8. The van der Waals surface area contributed by atoms with Crippen LogP contribution in [0.25, 0.3) is 0 Å². The van der Waals surface area contributed by atoms with E-state index >= 15 is 0 Å². The number of likely N-dealkylation sites (tertiary alicyclic amines) is 2. The molecule has 0 aliphatic carbocycles. The Morgan fingerprint density at radius 1 is 1.28 bits per heavy atom. The van der Waals surface area contributed by atoms with Crippen molar-refractivity contribution in [2.45, 2.75) is 56.9 Å². The third-order valence-corrected chi connectivity index (χ3v) is 5.52. The zero-order chi connectivity index (χ0) is 17.1. The average Bonchev–Trinajstić information content (AvgIpc) is 3.39. The number of carbonyl (C=O) groups is 1. The molecule has 4 rings (SSSR count). The lowest BCUT2D eigenvalue weighted by molar-refractivity contribution is -0.0769. The minimum atomic E-state index is -0.00512. The second-order valence-corrected chi connectivity index (χ2v) is 7.21. The molecule has 3 atom stereocenters. The Kier molecular flexibility index (Phi) is 5.22. The van der Waals surface area contributed by atoms with Gasteiger partial charge in [0, 0.05) is 45.2 Å². The molecule has 0 spiro atoms. The Labute approximate surface area is 148 Å². The van der Waals surface area contributed by atoms with E-state index in [0.717, 1.165) is 58.3 Å². The average molecular weight is 348 g/mol. The van der Waals surface area contributed by atoms with E-state index in [1.165, 1.54) is 0 Å². The van der Waals surface area contributed by atoms with Gasteiger partial charge < -0.3 is 19.3 Å².